The molecule has 3 aliphatic carbocycles. The van der Waals surface area contributed by atoms with E-state index in [1.165, 1.54) is 25.7 Å². The van der Waals surface area contributed by atoms with Gasteiger partial charge in [0.2, 0.25) is 0 Å². The molecule has 0 aromatic carbocycles. The van der Waals surface area contributed by atoms with Crippen molar-refractivity contribution in [3.8, 4) is 0 Å². The maximum Gasteiger partial charge on any atom is 0.256 e. The summed E-state index contributed by atoms with van der Waals surface area (Å²) in [4.78, 5) is 31.1. The molecular weight excluding hydrogens is 463 g/mol. The third-order valence-electron chi connectivity index (χ3n) is 9.93. The van der Waals surface area contributed by atoms with Crippen LogP contribution in [-0.4, -0.2) is 94.9 Å². The second-order valence-corrected chi connectivity index (χ2v) is 12.3. The summed E-state index contributed by atoms with van der Waals surface area (Å²) in [6, 6.07) is -0.546. The highest BCUT2D eigenvalue weighted by atomic mass is 19.1. The molecule has 1 amide bonds. The number of rotatable bonds is 4. The molecule has 9 heteroatoms. The average molecular weight is 505 g/mol. The van der Waals surface area contributed by atoms with Gasteiger partial charge in [0, 0.05) is 37.8 Å². The highest BCUT2D eigenvalue weighted by Crippen LogP contribution is 2.50. The highest BCUT2D eigenvalue weighted by molar-refractivity contribution is 6.20. The molecule has 200 valence electrons. The third-order valence-corrected chi connectivity index (χ3v) is 9.93. The number of nitrogens with two attached hydrogens (primary N) is 1. The van der Waals surface area contributed by atoms with Crippen LogP contribution in [-0.2, 0) is 14.3 Å². The molecule has 5 fully saturated rings. The summed E-state index contributed by atoms with van der Waals surface area (Å²) in [5, 5.41) is 12.3. The molecule has 0 radical (unpaired) electrons. The number of aliphatic hydroxyl groups excluding tert-OH is 1. The minimum absolute atomic E-state index is 0.0263. The van der Waals surface area contributed by atoms with Crippen LogP contribution in [0.2, 0.25) is 0 Å². The van der Waals surface area contributed by atoms with Gasteiger partial charge in [0.15, 0.2) is 5.78 Å². The van der Waals surface area contributed by atoms with Crippen LogP contribution in [0.4, 0.5) is 4.39 Å². The normalized spacial score (nSPS) is 45.3. The Morgan fingerprint density at radius 3 is 2.67 bits per heavy atom. The van der Waals surface area contributed by atoms with Crippen molar-refractivity contribution >= 4 is 11.7 Å². The van der Waals surface area contributed by atoms with Gasteiger partial charge in [0.05, 0.1) is 42.0 Å². The lowest BCUT2D eigenvalue weighted by atomic mass is 9.64. The van der Waals surface area contributed by atoms with Crippen molar-refractivity contribution in [2.45, 2.75) is 107 Å². The first-order valence-electron chi connectivity index (χ1n) is 14.1. The van der Waals surface area contributed by atoms with E-state index in [2.05, 4.69) is 15.1 Å². The fraction of sp³-hybridized carbons (Fsp3) is 0.852. The monoisotopic (exact) mass is 504 g/mol. The van der Waals surface area contributed by atoms with E-state index in [0.29, 0.717) is 18.4 Å². The summed E-state index contributed by atoms with van der Waals surface area (Å²) in [5.41, 5.74) is 6.29. The van der Waals surface area contributed by atoms with Gasteiger partial charge in [-0.3, -0.25) is 14.5 Å². The zero-order chi connectivity index (χ0) is 25.1. The lowest BCUT2D eigenvalue weighted by molar-refractivity contribution is -0.219. The van der Waals surface area contributed by atoms with E-state index in [-0.39, 0.29) is 48.6 Å². The van der Waals surface area contributed by atoms with E-state index < -0.39 is 36.2 Å². The first kappa shape index (κ1) is 24.8. The van der Waals surface area contributed by atoms with Crippen LogP contribution in [0, 0.1) is 17.8 Å². The number of carbonyl (C=O) groups is 2. The second-order valence-electron chi connectivity index (χ2n) is 12.3. The maximum atomic E-state index is 15.9. The number of fused-ring (bicyclic) bond motifs is 3. The molecule has 6 aliphatic rings. The third kappa shape index (κ3) is 4.20. The van der Waals surface area contributed by atoms with Crippen molar-refractivity contribution < 1.29 is 23.8 Å². The topological polar surface area (TPSA) is 108 Å². The van der Waals surface area contributed by atoms with Crippen molar-refractivity contribution in [1.29, 1.82) is 0 Å². The lowest BCUT2D eigenvalue weighted by Gasteiger charge is -2.61. The minimum Gasteiger partial charge on any atom is -0.392 e. The standard InChI is InChI=1S/C27H41FN4O4/c1-14(33)11-30-27(35)19-13-32-21-8-15-4-2-3-5-16(15)9-22(21)36-26-23(32)18(25(19)34)10-20(28)24(26)31-7-6-17(29)12-31/h13-18,20-24,26,33H,2-12,29H2,1H3,(H,30,35)/t14-,15?,16?,17?,18?,20?,21?,22?,23?,24?,26?/m1/s1. The number of hydrogen-bond acceptors (Lipinski definition) is 7. The largest absolute Gasteiger partial charge is 0.392 e. The number of hydrogen-bond donors (Lipinski definition) is 3. The summed E-state index contributed by atoms with van der Waals surface area (Å²) in [6.45, 7) is 3.06. The number of ketones is 1. The number of carbonyl (C=O) groups excluding carboxylic acids is 2. The zero-order valence-corrected chi connectivity index (χ0v) is 21.2. The molecule has 11 atom stereocenters. The summed E-state index contributed by atoms with van der Waals surface area (Å²) in [7, 11) is 0. The Morgan fingerprint density at radius 2 is 1.97 bits per heavy atom. The molecule has 2 saturated heterocycles. The number of Topliss-reactive ketones (excluding diaryl/α,β-unsaturated/α-hetero) is 1. The number of aliphatic hydroxyl groups is 1. The average Bonchev–Trinajstić information content (AvgIpc) is 3.28. The van der Waals surface area contributed by atoms with Gasteiger partial charge in [-0.2, -0.15) is 0 Å². The van der Waals surface area contributed by atoms with Crippen LogP contribution in [0.15, 0.2) is 11.8 Å². The quantitative estimate of drug-likeness (QED) is 0.493. The fourth-order valence-electron chi connectivity index (χ4n) is 8.29. The molecule has 3 saturated carbocycles. The van der Waals surface area contributed by atoms with Crippen molar-refractivity contribution in [2.24, 2.45) is 23.5 Å². The number of alkyl halides is 1. The predicted molar refractivity (Wildman–Crippen MR) is 131 cm³/mol. The summed E-state index contributed by atoms with van der Waals surface area (Å²) < 4.78 is 22.8. The lowest BCUT2D eigenvalue weighted by Crippen LogP contribution is -2.73. The first-order valence-corrected chi connectivity index (χ1v) is 14.1. The summed E-state index contributed by atoms with van der Waals surface area (Å²) in [6.07, 6.45) is 7.27. The molecule has 0 spiro atoms. The highest BCUT2D eigenvalue weighted by Gasteiger charge is 2.60. The first-order chi connectivity index (χ1) is 17.3. The van der Waals surface area contributed by atoms with Crippen LogP contribution in [0.1, 0.15) is 58.3 Å². The number of morpholine rings is 1. The summed E-state index contributed by atoms with van der Waals surface area (Å²) in [5.74, 6) is -0.104. The Bertz CT molecular complexity index is 914. The molecule has 10 unspecified atom stereocenters. The van der Waals surface area contributed by atoms with E-state index in [9.17, 15) is 14.7 Å². The molecule has 0 aromatic heterocycles. The van der Waals surface area contributed by atoms with Gasteiger partial charge in [-0.25, -0.2) is 4.39 Å². The van der Waals surface area contributed by atoms with Gasteiger partial charge < -0.3 is 25.8 Å². The molecule has 6 rings (SSSR count). The number of nitrogens with zero attached hydrogens (tertiary/aromatic N) is 2. The molecule has 3 heterocycles. The van der Waals surface area contributed by atoms with Crippen LogP contribution < -0.4 is 11.1 Å². The van der Waals surface area contributed by atoms with E-state index in [4.69, 9.17) is 10.5 Å². The van der Waals surface area contributed by atoms with Crippen LogP contribution in [0.5, 0.6) is 0 Å². The Kier molecular flexibility index (Phi) is 6.63. The second kappa shape index (κ2) is 9.64. The van der Waals surface area contributed by atoms with Crippen LogP contribution in [0.3, 0.4) is 0 Å². The Morgan fingerprint density at radius 1 is 1.22 bits per heavy atom. The van der Waals surface area contributed by atoms with Crippen LogP contribution in [0.25, 0.3) is 0 Å². The number of likely N-dealkylation sites (tertiary alicyclic amines) is 1. The SMILES string of the molecule is C[C@@H](O)CNC(=O)C1=CN2C3CC4CCCCC4CC3OC3C(N4CCC(N)C4)C(F)CC(C1=O)C32. The fourth-order valence-corrected chi connectivity index (χ4v) is 8.29. The van der Waals surface area contributed by atoms with Crippen LogP contribution >= 0.6 is 0 Å². The minimum atomic E-state index is -1.21. The van der Waals surface area contributed by atoms with Crippen molar-refractivity contribution in [3.63, 3.8) is 0 Å². The smallest absolute Gasteiger partial charge is 0.256 e. The number of nitrogens with one attached hydrogen (secondary N) is 1. The van der Waals surface area contributed by atoms with Gasteiger partial charge in [-0.15, -0.1) is 0 Å². The van der Waals surface area contributed by atoms with Gasteiger partial charge in [0.1, 0.15) is 6.17 Å². The molecule has 0 aromatic rings. The molecular formula is C27H41FN4O4. The Balaban J connectivity index is 1.36. The number of halogens is 1. The van der Waals surface area contributed by atoms with Gasteiger partial charge in [-0.1, -0.05) is 25.7 Å². The van der Waals surface area contributed by atoms with Crippen molar-refractivity contribution in [2.75, 3.05) is 19.6 Å². The van der Waals surface area contributed by atoms with Crippen molar-refractivity contribution in [1.82, 2.24) is 15.1 Å². The number of amides is 1. The molecule has 3 aliphatic heterocycles. The predicted octanol–water partition coefficient (Wildman–Crippen LogP) is 1.12. The molecule has 0 bridgehead atoms. The van der Waals surface area contributed by atoms with Gasteiger partial charge >= 0.3 is 0 Å². The summed E-state index contributed by atoms with van der Waals surface area (Å²) >= 11 is 0. The Hall–Kier alpha value is -1.55. The van der Waals surface area contributed by atoms with E-state index >= 15 is 4.39 Å². The molecule has 4 N–H and O–H groups in total. The van der Waals surface area contributed by atoms with E-state index in [1.807, 2.05) is 0 Å². The van der Waals surface area contributed by atoms with Gasteiger partial charge in [-0.05, 0) is 44.4 Å². The molecule has 8 nitrogen and oxygen atoms in total. The van der Waals surface area contributed by atoms with Gasteiger partial charge in [0.25, 0.3) is 5.91 Å². The Labute approximate surface area is 212 Å². The van der Waals surface area contributed by atoms with E-state index in [1.54, 1.807) is 13.1 Å². The number of ether oxygens (including phenoxy) is 1. The van der Waals surface area contributed by atoms with E-state index in [0.717, 1.165) is 25.8 Å². The zero-order valence-electron chi connectivity index (χ0n) is 21.2. The van der Waals surface area contributed by atoms with Crippen molar-refractivity contribution in [3.05, 3.63) is 11.8 Å². The maximum absolute atomic E-state index is 15.9. The molecule has 36 heavy (non-hydrogen) atoms.